The van der Waals surface area contributed by atoms with Crippen LogP contribution in [-0.2, 0) is 9.59 Å². The van der Waals surface area contributed by atoms with Crippen molar-refractivity contribution in [2.24, 2.45) is 5.92 Å². The van der Waals surface area contributed by atoms with Crippen molar-refractivity contribution in [1.82, 2.24) is 5.32 Å². The van der Waals surface area contributed by atoms with Gasteiger partial charge in [-0.1, -0.05) is 6.07 Å². The fraction of sp³-hybridized carbons (Fsp3) is 0.500. The van der Waals surface area contributed by atoms with Crippen molar-refractivity contribution in [2.45, 2.75) is 39.2 Å². The van der Waals surface area contributed by atoms with Crippen LogP contribution in [0.4, 0.5) is 5.69 Å². The molecule has 3 rings (SSSR count). The molecule has 1 aliphatic carbocycles. The smallest absolute Gasteiger partial charge is 0.249 e. The first-order valence-corrected chi connectivity index (χ1v) is 8.14. The predicted molar refractivity (Wildman–Crippen MR) is 85.2 cm³/mol. The van der Waals surface area contributed by atoms with Gasteiger partial charge in [0, 0.05) is 17.4 Å². The Labute approximate surface area is 133 Å². The van der Waals surface area contributed by atoms with Crippen molar-refractivity contribution < 1.29 is 9.59 Å². The number of aryl methyl sites for hydroxylation is 2. The van der Waals surface area contributed by atoms with Crippen LogP contribution in [0.3, 0.4) is 0 Å². The zero-order chi connectivity index (χ0) is 15.1. The Morgan fingerprint density at radius 1 is 1.24 bits per heavy atom. The molecule has 1 aromatic carbocycles. The molecule has 2 aliphatic rings. The topological polar surface area (TPSA) is 49.4 Å². The first kappa shape index (κ1) is 14.6. The monoisotopic (exact) mass is 350 g/mol. The van der Waals surface area contributed by atoms with Crippen LogP contribution in [-0.4, -0.2) is 24.4 Å². The molecule has 5 heteroatoms. The molecule has 0 aromatic heterocycles. The molecule has 1 aromatic rings. The van der Waals surface area contributed by atoms with E-state index in [9.17, 15) is 9.59 Å². The number of carbonyl (C=O) groups excluding carboxylic acids is 2. The highest BCUT2D eigenvalue weighted by atomic mass is 79.9. The molecule has 0 spiro atoms. The Bertz CT molecular complexity index is 587. The third-order valence-electron chi connectivity index (χ3n) is 4.17. The highest BCUT2D eigenvalue weighted by Crippen LogP contribution is 2.37. The van der Waals surface area contributed by atoms with Crippen molar-refractivity contribution >= 4 is 33.4 Å². The number of nitrogens with zero attached hydrogens (tertiary/aromatic N) is 1. The van der Waals surface area contributed by atoms with Gasteiger partial charge in [0.1, 0.15) is 6.04 Å². The summed E-state index contributed by atoms with van der Waals surface area (Å²) in [5.74, 6) is 0.311. The van der Waals surface area contributed by atoms with Gasteiger partial charge in [0.25, 0.3) is 0 Å². The highest BCUT2D eigenvalue weighted by molar-refractivity contribution is 9.10. The van der Waals surface area contributed by atoms with E-state index < -0.39 is 0 Å². The maximum Gasteiger partial charge on any atom is 0.249 e. The summed E-state index contributed by atoms with van der Waals surface area (Å²) in [5.41, 5.74) is 3.10. The molecule has 1 N–H and O–H groups in total. The normalized spacial score (nSPS) is 23.0. The molecule has 21 heavy (non-hydrogen) atoms. The number of rotatable bonds is 2. The lowest BCUT2D eigenvalue weighted by molar-refractivity contribution is -0.126. The highest BCUT2D eigenvalue weighted by Gasteiger charge is 2.41. The van der Waals surface area contributed by atoms with E-state index in [0.29, 0.717) is 18.9 Å². The molecule has 0 bridgehead atoms. The molecule has 1 unspecified atom stereocenters. The van der Waals surface area contributed by atoms with Crippen LogP contribution in [0.15, 0.2) is 16.6 Å². The molecule has 1 saturated heterocycles. The lowest BCUT2D eigenvalue weighted by atomic mass is 10.1. The Morgan fingerprint density at radius 2 is 1.95 bits per heavy atom. The molecule has 2 fully saturated rings. The standard InChI is InChI=1S/C16H19BrN2O2/c1-9-7-10(2)15(12(17)8-9)19-6-5-13(20)18-14(16(19)21)11-3-4-11/h7-8,11,14H,3-6H2,1-2H3,(H,18,20). The van der Waals surface area contributed by atoms with Gasteiger partial charge in [-0.3, -0.25) is 9.59 Å². The molecule has 1 atom stereocenters. The fourth-order valence-corrected chi connectivity index (χ4v) is 3.91. The van der Waals surface area contributed by atoms with Crippen molar-refractivity contribution in [3.05, 3.63) is 27.7 Å². The number of nitrogens with one attached hydrogen (secondary N) is 1. The summed E-state index contributed by atoms with van der Waals surface area (Å²) in [6.07, 6.45) is 2.41. The summed E-state index contributed by atoms with van der Waals surface area (Å²) in [6, 6.07) is 3.73. The zero-order valence-corrected chi connectivity index (χ0v) is 13.9. The van der Waals surface area contributed by atoms with E-state index >= 15 is 0 Å². The zero-order valence-electron chi connectivity index (χ0n) is 12.3. The first-order valence-electron chi connectivity index (χ1n) is 7.35. The molecule has 2 amide bonds. The van der Waals surface area contributed by atoms with Crippen molar-refractivity contribution in [2.75, 3.05) is 11.4 Å². The fourth-order valence-electron chi connectivity index (χ4n) is 3.02. The predicted octanol–water partition coefficient (Wildman–Crippen LogP) is 2.70. The van der Waals surface area contributed by atoms with Gasteiger partial charge in [-0.25, -0.2) is 0 Å². The molecule has 4 nitrogen and oxygen atoms in total. The second-order valence-corrected chi connectivity index (χ2v) is 6.89. The summed E-state index contributed by atoms with van der Waals surface area (Å²) >= 11 is 3.57. The number of anilines is 1. The van der Waals surface area contributed by atoms with Gasteiger partial charge in [0.2, 0.25) is 11.8 Å². The van der Waals surface area contributed by atoms with Gasteiger partial charge in [-0.05, 0) is 65.7 Å². The van der Waals surface area contributed by atoms with E-state index in [1.807, 2.05) is 19.9 Å². The average molecular weight is 351 g/mol. The van der Waals surface area contributed by atoms with Crippen LogP contribution in [0, 0.1) is 19.8 Å². The molecule has 1 saturated carbocycles. The number of carbonyl (C=O) groups is 2. The van der Waals surface area contributed by atoms with Crippen LogP contribution in [0.25, 0.3) is 0 Å². The van der Waals surface area contributed by atoms with E-state index in [-0.39, 0.29) is 17.9 Å². The van der Waals surface area contributed by atoms with Crippen molar-refractivity contribution in [1.29, 1.82) is 0 Å². The molecular formula is C16H19BrN2O2. The number of hydrogen-bond donors (Lipinski definition) is 1. The summed E-state index contributed by atoms with van der Waals surface area (Å²) in [4.78, 5) is 26.5. The van der Waals surface area contributed by atoms with Crippen molar-refractivity contribution in [3.8, 4) is 0 Å². The lowest BCUT2D eigenvalue weighted by Crippen LogP contribution is -2.46. The number of benzene rings is 1. The Kier molecular flexibility index (Phi) is 3.78. The minimum absolute atomic E-state index is 0.0241. The van der Waals surface area contributed by atoms with Gasteiger partial charge in [0.05, 0.1) is 5.69 Å². The molecule has 0 radical (unpaired) electrons. The Balaban J connectivity index is 2.00. The Hall–Kier alpha value is -1.36. The van der Waals surface area contributed by atoms with E-state index in [2.05, 4.69) is 27.3 Å². The van der Waals surface area contributed by atoms with E-state index in [4.69, 9.17) is 0 Å². The second kappa shape index (κ2) is 5.44. The largest absolute Gasteiger partial charge is 0.344 e. The molecule has 1 heterocycles. The van der Waals surface area contributed by atoms with Gasteiger partial charge in [0.15, 0.2) is 0 Å². The summed E-state index contributed by atoms with van der Waals surface area (Å²) < 4.78 is 0.914. The first-order chi connectivity index (χ1) is 9.97. The number of amides is 2. The minimum Gasteiger partial charge on any atom is -0.344 e. The third kappa shape index (κ3) is 2.84. The third-order valence-corrected chi connectivity index (χ3v) is 4.78. The van der Waals surface area contributed by atoms with E-state index in [1.54, 1.807) is 4.90 Å². The summed E-state index contributed by atoms with van der Waals surface area (Å²) in [6.45, 7) is 4.48. The molecular weight excluding hydrogens is 332 g/mol. The van der Waals surface area contributed by atoms with Gasteiger partial charge in [-0.15, -0.1) is 0 Å². The van der Waals surface area contributed by atoms with Gasteiger partial charge < -0.3 is 10.2 Å². The minimum atomic E-state index is -0.354. The number of hydrogen-bond acceptors (Lipinski definition) is 2. The summed E-state index contributed by atoms with van der Waals surface area (Å²) in [7, 11) is 0. The van der Waals surface area contributed by atoms with Crippen LogP contribution in [0.5, 0.6) is 0 Å². The van der Waals surface area contributed by atoms with Gasteiger partial charge in [-0.2, -0.15) is 0 Å². The average Bonchev–Trinajstić information content (AvgIpc) is 3.21. The van der Waals surface area contributed by atoms with E-state index in [1.165, 1.54) is 0 Å². The van der Waals surface area contributed by atoms with Crippen LogP contribution in [0.2, 0.25) is 0 Å². The van der Waals surface area contributed by atoms with Crippen molar-refractivity contribution in [3.63, 3.8) is 0 Å². The van der Waals surface area contributed by atoms with Gasteiger partial charge >= 0.3 is 0 Å². The van der Waals surface area contributed by atoms with E-state index in [0.717, 1.165) is 34.1 Å². The SMILES string of the molecule is Cc1cc(C)c(N2CCC(=O)NC(C3CC3)C2=O)c(Br)c1. The summed E-state index contributed by atoms with van der Waals surface area (Å²) in [5, 5.41) is 2.90. The second-order valence-electron chi connectivity index (χ2n) is 6.03. The van der Waals surface area contributed by atoms with Crippen LogP contribution >= 0.6 is 15.9 Å². The number of halogens is 1. The quantitative estimate of drug-likeness (QED) is 0.891. The maximum atomic E-state index is 12.9. The maximum absolute atomic E-state index is 12.9. The van der Waals surface area contributed by atoms with Crippen LogP contribution < -0.4 is 10.2 Å². The van der Waals surface area contributed by atoms with Crippen LogP contribution in [0.1, 0.15) is 30.4 Å². The molecule has 1 aliphatic heterocycles. The lowest BCUT2D eigenvalue weighted by Gasteiger charge is -2.27. The molecule has 112 valence electrons. The Morgan fingerprint density at radius 3 is 2.57 bits per heavy atom.